The lowest BCUT2D eigenvalue weighted by Gasteiger charge is -2.21. The zero-order chi connectivity index (χ0) is 12.7. The Morgan fingerprint density at radius 1 is 1.18 bits per heavy atom. The number of hydrogen-bond acceptors (Lipinski definition) is 2. The van der Waals surface area contributed by atoms with Crippen molar-refractivity contribution < 1.29 is 0 Å². The average Bonchev–Trinajstić information content (AvgIpc) is 2.37. The molecule has 2 nitrogen and oxygen atoms in total. The molecular weight excluding hydrogens is 232 g/mol. The fraction of sp³-hybridized carbons (Fsp3) is 0.571. The van der Waals surface area contributed by atoms with E-state index < -0.39 is 0 Å². The summed E-state index contributed by atoms with van der Waals surface area (Å²) in [5.74, 6) is 6.39. The molecule has 0 radical (unpaired) electrons. The Kier molecular flexibility index (Phi) is 6.56. The Balaban J connectivity index is 2.54. The van der Waals surface area contributed by atoms with Gasteiger partial charge in [-0.05, 0) is 36.5 Å². The number of nitrogens with one attached hydrogen (secondary N) is 1. The van der Waals surface area contributed by atoms with Crippen LogP contribution in [0, 0.1) is 5.92 Å². The Bertz CT molecular complexity index is 307. The lowest BCUT2D eigenvalue weighted by molar-refractivity contribution is 0.366. The van der Waals surface area contributed by atoms with Crippen molar-refractivity contribution >= 4 is 11.6 Å². The van der Waals surface area contributed by atoms with E-state index in [9.17, 15) is 0 Å². The van der Waals surface area contributed by atoms with Crippen LogP contribution in [0.3, 0.4) is 0 Å². The molecule has 0 aromatic heterocycles. The Hall–Kier alpha value is -0.570. The normalized spacial score (nSPS) is 13.0. The van der Waals surface area contributed by atoms with Gasteiger partial charge >= 0.3 is 0 Å². The van der Waals surface area contributed by atoms with E-state index in [1.165, 1.54) is 18.4 Å². The van der Waals surface area contributed by atoms with Crippen LogP contribution in [0.15, 0.2) is 24.3 Å². The third kappa shape index (κ3) is 5.07. The molecular formula is C14H23ClN2. The van der Waals surface area contributed by atoms with Crippen LogP contribution >= 0.6 is 11.6 Å². The van der Waals surface area contributed by atoms with E-state index in [2.05, 4.69) is 31.4 Å². The van der Waals surface area contributed by atoms with Crippen LogP contribution in [-0.4, -0.2) is 6.04 Å². The van der Waals surface area contributed by atoms with Gasteiger partial charge < -0.3 is 0 Å². The number of hydrazine groups is 1. The minimum atomic E-state index is 0.348. The molecule has 0 heterocycles. The van der Waals surface area contributed by atoms with E-state index in [1.807, 2.05) is 12.1 Å². The number of benzene rings is 1. The molecule has 0 bridgehead atoms. The van der Waals surface area contributed by atoms with E-state index in [0.29, 0.717) is 6.04 Å². The first-order chi connectivity index (χ1) is 8.19. The van der Waals surface area contributed by atoms with Gasteiger partial charge in [-0.2, -0.15) is 0 Å². The first-order valence-corrected chi connectivity index (χ1v) is 6.77. The number of nitrogens with two attached hydrogens (primary N) is 1. The van der Waals surface area contributed by atoms with Gasteiger partial charge in [-0.3, -0.25) is 11.3 Å². The zero-order valence-corrected chi connectivity index (χ0v) is 11.5. The van der Waals surface area contributed by atoms with Crippen LogP contribution in [0.5, 0.6) is 0 Å². The molecule has 1 aromatic rings. The van der Waals surface area contributed by atoms with Crippen LogP contribution < -0.4 is 11.3 Å². The highest BCUT2D eigenvalue weighted by atomic mass is 35.5. The number of halogens is 1. The van der Waals surface area contributed by atoms with E-state index in [0.717, 1.165) is 23.8 Å². The van der Waals surface area contributed by atoms with Crippen molar-refractivity contribution in [2.45, 2.75) is 45.6 Å². The first kappa shape index (κ1) is 14.5. The fourth-order valence-electron chi connectivity index (χ4n) is 2.14. The summed E-state index contributed by atoms with van der Waals surface area (Å²) in [4.78, 5) is 0. The predicted octanol–water partition coefficient (Wildman–Crippen LogP) is 3.54. The lowest BCUT2D eigenvalue weighted by Crippen LogP contribution is -2.38. The molecule has 1 unspecified atom stereocenters. The molecule has 0 aliphatic rings. The van der Waals surface area contributed by atoms with Crippen LogP contribution in [-0.2, 0) is 6.42 Å². The smallest absolute Gasteiger partial charge is 0.0406 e. The third-order valence-corrected chi connectivity index (χ3v) is 3.66. The minimum absolute atomic E-state index is 0.348. The summed E-state index contributed by atoms with van der Waals surface area (Å²) in [7, 11) is 0. The van der Waals surface area contributed by atoms with E-state index in [-0.39, 0.29) is 0 Å². The van der Waals surface area contributed by atoms with Gasteiger partial charge in [0.1, 0.15) is 0 Å². The molecule has 0 amide bonds. The fourth-order valence-corrected chi connectivity index (χ4v) is 2.27. The van der Waals surface area contributed by atoms with Crippen molar-refractivity contribution in [1.82, 2.24) is 5.43 Å². The second kappa shape index (κ2) is 7.70. The average molecular weight is 255 g/mol. The zero-order valence-electron chi connectivity index (χ0n) is 10.7. The maximum atomic E-state index is 5.87. The molecule has 1 aromatic carbocycles. The summed E-state index contributed by atoms with van der Waals surface area (Å²) in [5, 5.41) is 0.783. The molecule has 1 atom stereocenters. The minimum Gasteiger partial charge on any atom is -0.271 e. The van der Waals surface area contributed by atoms with Gasteiger partial charge in [0.2, 0.25) is 0 Å². The number of rotatable bonds is 7. The highest BCUT2D eigenvalue weighted by Gasteiger charge is 2.13. The third-order valence-electron chi connectivity index (χ3n) is 3.40. The van der Waals surface area contributed by atoms with Gasteiger partial charge in [0.25, 0.3) is 0 Å². The predicted molar refractivity (Wildman–Crippen MR) is 75.0 cm³/mol. The quantitative estimate of drug-likeness (QED) is 0.577. The topological polar surface area (TPSA) is 38.0 Å². The summed E-state index contributed by atoms with van der Waals surface area (Å²) in [6.45, 7) is 4.48. The van der Waals surface area contributed by atoms with E-state index in [4.69, 9.17) is 17.4 Å². The van der Waals surface area contributed by atoms with Gasteiger partial charge in [0.15, 0.2) is 0 Å². The molecule has 0 saturated heterocycles. The monoisotopic (exact) mass is 254 g/mol. The molecule has 0 spiro atoms. The summed E-state index contributed by atoms with van der Waals surface area (Å²) >= 11 is 5.87. The highest BCUT2D eigenvalue weighted by molar-refractivity contribution is 6.30. The van der Waals surface area contributed by atoms with Crippen LogP contribution in [0.2, 0.25) is 5.02 Å². The largest absolute Gasteiger partial charge is 0.271 e. The molecule has 0 fully saturated rings. The van der Waals surface area contributed by atoms with Crippen molar-refractivity contribution in [3.8, 4) is 0 Å². The SMILES string of the molecule is CCC(CC)CC(Cc1ccc(Cl)cc1)NN. The van der Waals surface area contributed by atoms with Gasteiger partial charge in [-0.1, -0.05) is 50.4 Å². The standard InChI is InChI=1S/C14H23ClN2/c1-3-11(4-2)9-14(17-16)10-12-5-7-13(15)8-6-12/h5-8,11,14,17H,3-4,9-10,16H2,1-2H3. The van der Waals surface area contributed by atoms with Crippen LogP contribution in [0.4, 0.5) is 0 Å². The van der Waals surface area contributed by atoms with Gasteiger partial charge in [-0.15, -0.1) is 0 Å². The van der Waals surface area contributed by atoms with E-state index in [1.54, 1.807) is 0 Å². The van der Waals surface area contributed by atoms with Gasteiger partial charge in [-0.25, -0.2) is 0 Å². The summed E-state index contributed by atoms with van der Waals surface area (Å²) in [6, 6.07) is 8.35. The second-order valence-corrected chi connectivity index (χ2v) is 5.05. The summed E-state index contributed by atoms with van der Waals surface area (Å²) in [5.41, 5.74) is 4.21. The van der Waals surface area contributed by atoms with Gasteiger partial charge in [0.05, 0.1) is 0 Å². The molecule has 0 aliphatic carbocycles. The first-order valence-electron chi connectivity index (χ1n) is 6.40. The van der Waals surface area contributed by atoms with Crippen molar-refractivity contribution in [3.63, 3.8) is 0 Å². The van der Waals surface area contributed by atoms with Crippen molar-refractivity contribution in [3.05, 3.63) is 34.9 Å². The maximum Gasteiger partial charge on any atom is 0.0406 e. The Morgan fingerprint density at radius 2 is 1.76 bits per heavy atom. The van der Waals surface area contributed by atoms with E-state index >= 15 is 0 Å². The Morgan fingerprint density at radius 3 is 2.24 bits per heavy atom. The molecule has 1 rings (SSSR count). The number of hydrogen-bond donors (Lipinski definition) is 2. The van der Waals surface area contributed by atoms with Crippen molar-refractivity contribution in [1.29, 1.82) is 0 Å². The van der Waals surface area contributed by atoms with Crippen LogP contribution in [0.25, 0.3) is 0 Å². The lowest BCUT2D eigenvalue weighted by atomic mass is 9.92. The molecule has 96 valence electrons. The van der Waals surface area contributed by atoms with Crippen LogP contribution in [0.1, 0.15) is 38.7 Å². The maximum absolute atomic E-state index is 5.87. The summed E-state index contributed by atoms with van der Waals surface area (Å²) < 4.78 is 0. The molecule has 17 heavy (non-hydrogen) atoms. The Labute approximate surface area is 110 Å². The molecule has 0 saturated carbocycles. The van der Waals surface area contributed by atoms with Crippen molar-refractivity contribution in [2.75, 3.05) is 0 Å². The van der Waals surface area contributed by atoms with Crippen molar-refractivity contribution in [2.24, 2.45) is 11.8 Å². The molecule has 0 aliphatic heterocycles. The van der Waals surface area contributed by atoms with Gasteiger partial charge in [0, 0.05) is 11.1 Å². The second-order valence-electron chi connectivity index (χ2n) is 4.61. The molecule has 3 heteroatoms. The highest BCUT2D eigenvalue weighted by Crippen LogP contribution is 2.18. The molecule has 3 N–H and O–H groups in total. The summed E-state index contributed by atoms with van der Waals surface area (Å²) in [6.07, 6.45) is 4.53.